The number of hydrogen-bond donors (Lipinski definition) is 1. The number of nitrogens with one attached hydrogen (secondary N) is 1. The van der Waals surface area contributed by atoms with Crippen LogP contribution in [-0.4, -0.2) is 32.0 Å². The van der Waals surface area contributed by atoms with E-state index >= 15 is 0 Å². The highest BCUT2D eigenvalue weighted by Gasteiger charge is 2.17. The van der Waals surface area contributed by atoms with Crippen molar-refractivity contribution in [3.8, 4) is 5.75 Å². The van der Waals surface area contributed by atoms with E-state index in [9.17, 15) is 9.59 Å². The van der Waals surface area contributed by atoms with Crippen LogP contribution in [0.4, 0.5) is 5.69 Å². The third-order valence-electron chi connectivity index (χ3n) is 5.01. The van der Waals surface area contributed by atoms with Crippen LogP contribution in [0.5, 0.6) is 5.75 Å². The van der Waals surface area contributed by atoms with E-state index in [1.807, 2.05) is 60.7 Å². The summed E-state index contributed by atoms with van der Waals surface area (Å²) in [6, 6.07) is 26.6. The van der Waals surface area contributed by atoms with Gasteiger partial charge in [-0.2, -0.15) is 0 Å². The van der Waals surface area contributed by atoms with Crippen molar-refractivity contribution in [2.24, 2.45) is 0 Å². The van der Waals surface area contributed by atoms with Gasteiger partial charge >= 0.3 is 0 Å². The average Bonchev–Trinajstić information content (AvgIpc) is 2.83. The molecule has 0 aromatic heterocycles. The molecule has 0 aliphatic heterocycles. The zero-order chi connectivity index (χ0) is 21.9. The summed E-state index contributed by atoms with van der Waals surface area (Å²) in [5, 5.41) is 2.96. The summed E-state index contributed by atoms with van der Waals surface area (Å²) in [4.78, 5) is 27.0. The minimum atomic E-state index is -0.0794. The topological polar surface area (TPSA) is 58.6 Å². The van der Waals surface area contributed by atoms with E-state index in [1.54, 1.807) is 36.3 Å². The minimum absolute atomic E-state index is 0.0246. The third-order valence-corrected chi connectivity index (χ3v) is 5.01. The van der Waals surface area contributed by atoms with Gasteiger partial charge in [-0.25, -0.2) is 0 Å². The number of ether oxygens (including phenoxy) is 1. The molecule has 1 N–H and O–H groups in total. The summed E-state index contributed by atoms with van der Waals surface area (Å²) in [6.07, 6.45) is 1.84. The van der Waals surface area contributed by atoms with Crippen LogP contribution in [0.25, 0.3) is 0 Å². The molecule has 0 fully saturated rings. The van der Waals surface area contributed by atoms with Crippen molar-refractivity contribution in [1.82, 2.24) is 5.32 Å². The van der Waals surface area contributed by atoms with E-state index in [-0.39, 0.29) is 11.8 Å². The zero-order valence-corrected chi connectivity index (χ0v) is 17.8. The van der Waals surface area contributed by atoms with Crippen molar-refractivity contribution in [2.75, 3.05) is 25.1 Å². The standard InChI is InChI=1S/C26H28N2O3/c1-31-24-16-14-22(15-17-24)26(30)28(23-11-6-3-7-12-23)20-8-19-27-25(29)18-13-21-9-4-2-5-10-21/h2-7,9-12,14-17H,8,13,18-20H2,1H3,(H,27,29). The van der Waals surface area contributed by atoms with Gasteiger partial charge in [0.25, 0.3) is 5.91 Å². The molecule has 0 unspecified atom stereocenters. The number of hydrogen-bond acceptors (Lipinski definition) is 3. The van der Waals surface area contributed by atoms with Crippen molar-refractivity contribution in [3.05, 3.63) is 96.1 Å². The number of para-hydroxylation sites is 1. The first kappa shape index (κ1) is 22.1. The second-order valence-corrected chi connectivity index (χ2v) is 7.21. The Balaban J connectivity index is 1.54. The van der Waals surface area contributed by atoms with Crippen molar-refractivity contribution in [3.63, 3.8) is 0 Å². The first-order chi connectivity index (χ1) is 15.2. The lowest BCUT2D eigenvalue weighted by molar-refractivity contribution is -0.121. The van der Waals surface area contributed by atoms with Crippen molar-refractivity contribution >= 4 is 17.5 Å². The van der Waals surface area contributed by atoms with Crippen molar-refractivity contribution in [2.45, 2.75) is 19.3 Å². The Morgan fingerprint density at radius 3 is 2.16 bits per heavy atom. The molecule has 3 aromatic carbocycles. The van der Waals surface area contributed by atoms with Crippen LogP contribution < -0.4 is 15.0 Å². The number of amides is 2. The predicted octanol–water partition coefficient (Wildman–Crippen LogP) is 4.48. The van der Waals surface area contributed by atoms with E-state index in [4.69, 9.17) is 4.74 Å². The number of benzene rings is 3. The number of rotatable bonds is 10. The molecular weight excluding hydrogens is 388 g/mol. The Hall–Kier alpha value is -3.60. The van der Waals surface area contributed by atoms with Gasteiger partial charge in [0.1, 0.15) is 5.75 Å². The van der Waals surface area contributed by atoms with E-state index in [2.05, 4.69) is 5.32 Å². The average molecular weight is 417 g/mol. The van der Waals surface area contributed by atoms with Crippen LogP contribution in [0.1, 0.15) is 28.8 Å². The number of carbonyl (C=O) groups is 2. The van der Waals surface area contributed by atoms with Gasteiger partial charge in [0.2, 0.25) is 5.91 Å². The SMILES string of the molecule is COc1ccc(C(=O)N(CCCNC(=O)CCc2ccccc2)c2ccccc2)cc1. The van der Waals surface area contributed by atoms with Gasteiger partial charge < -0.3 is 15.0 Å². The summed E-state index contributed by atoms with van der Waals surface area (Å²) in [5.74, 6) is 0.655. The lowest BCUT2D eigenvalue weighted by atomic mass is 10.1. The van der Waals surface area contributed by atoms with Crippen LogP contribution in [0, 0.1) is 0 Å². The van der Waals surface area contributed by atoms with Crippen LogP contribution in [0.3, 0.4) is 0 Å². The van der Waals surface area contributed by atoms with Crippen molar-refractivity contribution < 1.29 is 14.3 Å². The Morgan fingerprint density at radius 1 is 0.871 bits per heavy atom. The Labute approximate surface area is 183 Å². The van der Waals surface area contributed by atoms with Gasteiger partial charge in [-0.15, -0.1) is 0 Å². The largest absolute Gasteiger partial charge is 0.497 e. The molecule has 3 rings (SSSR count). The maximum Gasteiger partial charge on any atom is 0.258 e. The molecule has 3 aromatic rings. The Kier molecular flexibility index (Phi) is 8.23. The lowest BCUT2D eigenvalue weighted by Gasteiger charge is -2.23. The fraction of sp³-hybridized carbons (Fsp3) is 0.231. The Bertz CT molecular complexity index is 957. The van der Waals surface area contributed by atoms with Crippen LogP contribution in [0.15, 0.2) is 84.9 Å². The molecule has 0 aliphatic carbocycles. The summed E-state index contributed by atoms with van der Waals surface area (Å²) >= 11 is 0. The van der Waals surface area contributed by atoms with E-state index in [0.717, 1.165) is 17.7 Å². The van der Waals surface area contributed by atoms with Crippen LogP contribution in [0.2, 0.25) is 0 Å². The summed E-state index contributed by atoms with van der Waals surface area (Å²) in [5.41, 5.74) is 2.58. The van der Waals surface area contributed by atoms with Gasteiger partial charge in [-0.1, -0.05) is 48.5 Å². The number of carbonyl (C=O) groups excluding carboxylic acids is 2. The number of aryl methyl sites for hydroxylation is 1. The molecule has 5 heteroatoms. The number of nitrogens with zero attached hydrogens (tertiary/aromatic N) is 1. The molecular formula is C26H28N2O3. The number of anilines is 1. The normalized spacial score (nSPS) is 10.4. The lowest BCUT2D eigenvalue weighted by Crippen LogP contribution is -2.34. The van der Waals surface area contributed by atoms with Crippen LogP contribution >= 0.6 is 0 Å². The molecule has 0 spiro atoms. The summed E-state index contributed by atoms with van der Waals surface area (Å²) in [6.45, 7) is 1.03. The molecule has 160 valence electrons. The molecule has 0 aliphatic rings. The highest BCUT2D eigenvalue weighted by molar-refractivity contribution is 6.06. The van der Waals surface area contributed by atoms with E-state index < -0.39 is 0 Å². The van der Waals surface area contributed by atoms with Gasteiger partial charge in [-0.3, -0.25) is 9.59 Å². The van der Waals surface area contributed by atoms with Gasteiger partial charge in [0, 0.05) is 30.8 Å². The Morgan fingerprint density at radius 2 is 1.52 bits per heavy atom. The fourth-order valence-electron chi connectivity index (χ4n) is 3.30. The fourth-order valence-corrected chi connectivity index (χ4v) is 3.30. The maximum atomic E-state index is 13.1. The molecule has 0 radical (unpaired) electrons. The van der Waals surface area contributed by atoms with Crippen molar-refractivity contribution in [1.29, 1.82) is 0 Å². The summed E-state index contributed by atoms with van der Waals surface area (Å²) < 4.78 is 5.18. The molecule has 31 heavy (non-hydrogen) atoms. The smallest absolute Gasteiger partial charge is 0.258 e. The van der Waals surface area contributed by atoms with Gasteiger partial charge in [0.15, 0.2) is 0 Å². The van der Waals surface area contributed by atoms with Gasteiger partial charge in [0.05, 0.1) is 7.11 Å². The van der Waals surface area contributed by atoms with Crippen LogP contribution in [-0.2, 0) is 11.2 Å². The first-order valence-corrected chi connectivity index (χ1v) is 10.5. The monoisotopic (exact) mass is 416 g/mol. The molecule has 5 nitrogen and oxygen atoms in total. The quantitative estimate of drug-likeness (QED) is 0.496. The predicted molar refractivity (Wildman–Crippen MR) is 124 cm³/mol. The molecule has 0 saturated carbocycles. The van der Waals surface area contributed by atoms with E-state index in [1.165, 1.54) is 0 Å². The molecule has 2 amide bonds. The highest BCUT2D eigenvalue weighted by atomic mass is 16.5. The highest BCUT2D eigenvalue weighted by Crippen LogP contribution is 2.19. The molecule has 0 heterocycles. The third kappa shape index (κ3) is 6.71. The second-order valence-electron chi connectivity index (χ2n) is 7.21. The second kappa shape index (κ2) is 11.6. The zero-order valence-electron chi connectivity index (χ0n) is 17.8. The maximum absolute atomic E-state index is 13.1. The van der Waals surface area contributed by atoms with Gasteiger partial charge in [-0.05, 0) is 54.8 Å². The van der Waals surface area contributed by atoms with E-state index in [0.29, 0.717) is 37.2 Å². The summed E-state index contributed by atoms with van der Waals surface area (Å²) in [7, 11) is 1.60. The minimum Gasteiger partial charge on any atom is -0.497 e. The molecule has 0 atom stereocenters. The molecule has 0 saturated heterocycles. The molecule has 0 bridgehead atoms. The first-order valence-electron chi connectivity index (χ1n) is 10.5. The number of methoxy groups -OCH3 is 1.